The molecule has 2 aromatic rings. The summed E-state index contributed by atoms with van der Waals surface area (Å²) in [6.07, 6.45) is 5.73. The molecular formula is C32H42NO5+. The SMILES string of the molecule is CC(OC(=O)C(C)(C)C)OC(C(=O)OC1CC2CCC(C1)[N+]21CCCC1)(c1ccccc1)c1ccccc1. The number of hydrogen-bond acceptors (Lipinski definition) is 5. The van der Waals surface area contributed by atoms with Gasteiger partial charge >= 0.3 is 11.9 Å². The van der Waals surface area contributed by atoms with Crippen molar-refractivity contribution in [3.05, 3.63) is 71.8 Å². The number of ether oxygens (including phenoxy) is 3. The van der Waals surface area contributed by atoms with Gasteiger partial charge in [0.15, 0.2) is 0 Å². The van der Waals surface area contributed by atoms with Crippen LogP contribution in [-0.2, 0) is 29.4 Å². The van der Waals surface area contributed by atoms with Crippen molar-refractivity contribution in [3.8, 4) is 0 Å². The van der Waals surface area contributed by atoms with E-state index in [0.717, 1.165) is 12.8 Å². The minimum atomic E-state index is -1.57. The summed E-state index contributed by atoms with van der Waals surface area (Å²) < 4.78 is 19.9. The molecule has 3 atom stereocenters. The van der Waals surface area contributed by atoms with Gasteiger partial charge in [0.2, 0.25) is 11.9 Å². The van der Waals surface area contributed by atoms with Crippen LogP contribution in [0.2, 0.25) is 0 Å². The van der Waals surface area contributed by atoms with Crippen molar-refractivity contribution in [1.82, 2.24) is 0 Å². The van der Waals surface area contributed by atoms with Crippen molar-refractivity contribution in [2.24, 2.45) is 5.41 Å². The molecule has 0 N–H and O–H groups in total. The van der Waals surface area contributed by atoms with Crippen LogP contribution in [0.15, 0.2) is 60.7 Å². The number of nitrogens with zero attached hydrogens (tertiary/aromatic N) is 1. The molecule has 204 valence electrons. The van der Waals surface area contributed by atoms with Gasteiger partial charge in [-0.15, -0.1) is 0 Å². The third-order valence-corrected chi connectivity index (χ3v) is 8.91. The molecule has 3 heterocycles. The predicted octanol–water partition coefficient (Wildman–Crippen LogP) is 5.73. The topological polar surface area (TPSA) is 61.8 Å². The van der Waals surface area contributed by atoms with Gasteiger partial charge in [0, 0.05) is 38.5 Å². The van der Waals surface area contributed by atoms with Crippen molar-refractivity contribution in [3.63, 3.8) is 0 Å². The van der Waals surface area contributed by atoms with E-state index in [1.807, 2.05) is 60.7 Å². The van der Waals surface area contributed by atoms with Gasteiger partial charge in [-0.25, -0.2) is 4.79 Å². The van der Waals surface area contributed by atoms with Gasteiger partial charge in [0.25, 0.3) is 0 Å². The van der Waals surface area contributed by atoms with Gasteiger partial charge in [-0.05, 0) is 38.8 Å². The van der Waals surface area contributed by atoms with Crippen LogP contribution < -0.4 is 0 Å². The standard InChI is InChI=1S/C32H42NO5/c1-23(36-29(34)31(2,3)4)38-32(24-13-7-5-8-14-24,25-15-9-6-10-16-25)30(35)37-28-21-26-17-18-27(22-28)33(26)19-11-12-20-33/h5-10,13-16,23,26-28H,11-12,17-22H2,1-4H3/q+1. The summed E-state index contributed by atoms with van der Waals surface area (Å²) in [7, 11) is 0. The Kier molecular flexibility index (Phi) is 7.40. The minimum absolute atomic E-state index is 0.146. The molecule has 0 amide bonds. The molecule has 1 spiro atoms. The number of carbonyl (C=O) groups is 2. The van der Waals surface area contributed by atoms with Crippen molar-refractivity contribution in [2.75, 3.05) is 13.1 Å². The summed E-state index contributed by atoms with van der Waals surface area (Å²) in [4.78, 5) is 27.1. The van der Waals surface area contributed by atoms with Crippen LogP contribution in [0, 0.1) is 5.41 Å². The van der Waals surface area contributed by atoms with Crippen LogP contribution >= 0.6 is 0 Å². The first-order chi connectivity index (χ1) is 18.1. The van der Waals surface area contributed by atoms with E-state index in [1.54, 1.807) is 27.7 Å². The maximum Gasteiger partial charge on any atom is 0.348 e. The Morgan fingerprint density at radius 2 is 1.32 bits per heavy atom. The van der Waals surface area contributed by atoms with Gasteiger partial charge in [-0.1, -0.05) is 60.7 Å². The second-order valence-electron chi connectivity index (χ2n) is 12.4. The zero-order chi connectivity index (χ0) is 27.0. The van der Waals surface area contributed by atoms with Crippen LogP contribution in [0.5, 0.6) is 0 Å². The van der Waals surface area contributed by atoms with Gasteiger partial charge in [-0.3, -0.25) is 4.79 Å². The smallest absolute Gasteiger partial charge is 0.348 e. The Balaban J connectivity index is 1.47. The first-order valence-corrected chi connectivity index (χ1v) is 14.2. The number of carbonyl (C=O) groups excluding carboxylic acids is 2. The van der Waals surface area contributed by atoms with E-state index in [0.29, 0.717) is 23.2 Å². The van der Waals surface area contributed by atoms with Crippen LogP contribution in [-0.4, -0.2) is 54.0 Å². The van der Waals surface area contributed by atoms with E-state index in [-0.39, 0.29) is 6.10 Å². The number of hydrogen-bond donors (Lipinski definition) is 0. The molecule has 3 aliphatic heterocycles. The summed E-state index contributed by atoms with van der Waals surface area (Å²) in [6.45, 7) is 9.60. The lowest BCUT2D eigenvalue weighted by Gasteiger charge is -2.47. The summed E-state index contributed by atoms with van der Waals surface area (Å²) in [5, 5.41) is 0. The third-order valence-electron chi connectivity index (χ3n) is 8.91. The van der Waals surface area contributed by atoms with E-state index >= 15 is 0 Å². The van der Waals surface area contributed by atoms with E-state index in [4.69, 9.17) is 14.2 Å². The molecule has 38 heavy (non-hydrogen) atoms. The molecule has 6 nitrogen and oxygen atoms in total. The highest BCUT2D eigenvalue weighted by Crippen LogP contribution is 2.47. The van der Waals surface area contributed by atoms with Crippen LogP contribution in [0.4, 0.5) is 0 Å². The van der Waals surface area contributed by atoms with Crippen molar-refractivity contribution in [2.45, 2.75) is 96.3 Å². The second kappa shape index (κ2) is 10.5. The summed E-state index contributed by atoms with van der Waals surface area (Å²) in [5.74, 6) is -0.843. The molecule has 3 fully saturated rings. The Morgan fingerprint density at radius 1 is 0.816 bits per heavy atom. The zero-order valence-corrected chi connectivity index (χ0v) is 23.2. The highest BCUT2D eigenvalue weighted by atomic mass is 16.7. The molecule has 2 aromatic carbocycles. The van der Waals surface area contributed by atoms with E-state index in [2.05, 4.69) is 0 Å². The molecule has 3 unspecified atom stereocenters. The number of benzene rings is 2. The first kappa shape index (κ1) is 26.9. The lowest BCUT2D eigenvalue weighted by molar-refractivity contribution is -0.956. The quantitative estimate of drug-likeness (QED) is 0.265. The highest BCUT2D eigenvalue weighted by molar-refractivity contribution is 5.86. The number of quaternary nitrogens is 1. The summed E-state index contributed by atoms with van der Waals surface area (Å²) >= 11 is 0. The van der Waals surface area contributed by atoms with Crippen LogP contribution in [0.1, 0.15) is 77.3 Å². The average molecular weight is 521 g/mol. The van der Waals surface area contributed by atoms with E-state index < -0.39 is 29.2 Å². The van der Waals surface area contributed by atoms with Gasteiger partial charge in [-0.2, -0.15) is 0 Å². The lowest BCUT2D eigenvalue weighted by Crippen LogP contribution is -2.60. The molecule has 2 bridgehead atoms. The predicted molar refractivity (Wildman–Crippen MR) is 145 cm³/mol. The molecule has 0 aromatic heterocycles. The molecule has 0 aliphatic carbocycles. The Bertz CT molecular complexity index is 1060. The monoisotopic (exact) mass is 520 g/mol. The fourth-order valence-electron chi connectivity index (χ4n) is 7.07. The van der Waals surface area contributed by atoms with Crippen molar-refractivity contribution < 1.29 is 28.3 Å². The Hall–Kier alpha value is -2.70. The van der Waals surface area contributed by atoms with Gasteiger partial charge < -0.3 is 18.7 Å². The lowest BCUT2D eigenvalue weighted by atomic mass is 9.85. The molecular weight excluding hydrogens is 478 g/mol. The maximum absolute atomic E-state index is 14.4. The molecule has 0 radical (unpaired) electrons. The van der Waals surface area contributed by atoms with Crippen LogP contribution in [0.3, 0.4) is 0 Å². The summed E-state index contributed by atoms with van der Waals surface area (Å²) in [5.41, 5.74) is -0.972. The Morgan fingerprint density at radius 3 is 1.79 bits per heavy atom. The normalized spacial score (nSPS) is 25.2. The third kappa shape index (κ3) is 4.89. The zero-order valence-electron chi connectivity index (χ0n) is 23.2. The molecule has 3 aliphatic rings. The molecule has 0 saturated carbocycles. The highest BCUT2D eigenvalue weighted by Gasteiger charge is 2.57. The number of rotatable bonds is 7. The largest absolute Gasteiger partial charge is 0.459 e. The molecule has 3 saturated heterocycles. The second-order valence-corrected chi connectivity index (χ2v) is 12.4. The van der Waals surface area contributed by atoms with Crippen LogP contribution in [0.25, 0.3) is 0 Å². The van der Waals surface area contributed by atoms with Crippen molar-refractivity contribution >= 4 is 11.9 Å². The van der Waals surface area contributed by atoms with Gasteiger partial charge in [0.1, 0.15) is 6.10 Å². The fourth-order valence-corrected chi connectivity index (χ4v) is 7.07. The Labute approximate surface area is 226 Å². The molecule has 6 heteroatoms. The summed E-state index contributed by atoms with van der Waals surface area (Å²) in [6, 6.07) is 20.0. The number of esters is 2. The van der Waals surface area contributed by atoms with E-state index in [1.165, 1.54) is 43.3 Å². The van der Waals surface area contributed by atoms with E-state index in [9.17, 15) is 9.59 Å². The van der Waals surface area contributed by atoms with Crippen molar-refractivity contribution in [1.29, 1.82) is 0 Å². The molecule has 5 rings (SSSR count). The maximum atomic E-state index is 14.4. The van der Waals surface area contributed by atoms with Gasteiger partial charge in [0.05, 0.1) is 30.6 Å². The minimum Gasteiger partial charge on any atom is -0.459 e. The first-order valence-electron chi connectivity index (χ1n) is 14.2. The fraction of sp³-hybridized carbons (Fsp3) is 0.562. The number of piperidine rings is 1. The average Bonchev–Trinajstić information content (AvgIpc) is 3.44.